The molecule has 0 fully saturated rings. The summed E-state index contributed by atoms with van der Waals surface area (Å²) in [4.78, 5) is 5.39. The number of thioether (sulfide) groups is 1. The summed E-state index contributed by atoms with van der Waals surface area (Å²) >= 11 is 7.54. The van der Waals surface area contributed by atoms with Crippen LogP contribution in [-0.2, 0) is 5.75 Å². The largest absolute Gasteiger partial charge is 0.338 e. The number of hydrogen-bond donors (Lipinski definition) is 1. The number of halogens is 1. The van der Waals surface area contributed by atoms with Crippen molar-refractivity contribution >= 4 is 23.4 Å². The number of benzene rings is 1. The first-order chi connectivity index (χ1) is 9.19. The van der Waals surface area contributed by atoms with Gasteiger partial charge >= 0.3 is 0 Å². The van der Waals surface area contributed by atoms with Gasteiger partial charge in [-0.1, -0.05) is 36.2 Å². The third kappa shape index (κ3) is 4.23. The molecule has 2 rings (SSSR count). The first kappa shape index (κ1) is 14.4. The molecule has 0 radical (unpaired) electrons. The molecule has 1 heterocycles. The van der Waals surface area contributed by atoms with Gasteiger partial charge in [-0.05, 0) is 24.6 Å². The second-order valence-electron chi connectivity index (χ2n) is 4.19. The molecule has 19 heavy (non-hydrogen) atoms. The van der Waals surface area contributed by atoms with Crippen LogP contribution in [0.25, 0.3) is 0 Å². The summed E-state index contributed by atoms with van der Waals surface area (Å²) in [6, 6.07) is 7.52. The minimum Gasteiger partial charge on any atom is -0.338 e. The van der Waals surface area contributed by atoms with Gasteiger partial charge in [-0.15, -0.1) is 11.8 Å². The Morgan fingerprint density at radius 3 is 3.05 bits per heavy atom. The van der Waals surface area contributed by atoms with Crippen LogP contribution in [-0.4, -0.2) is 10.1 Å². The number of nitrogens with two attached hydrogens (primary N) is 1. The Morgan fingerprint density at radius 1 is 1.47 bits per heavy atom. The molecule has 0 unspecified atom stereocenters. The highest BCUT2D eigenvalue weighted by atomic mass is 35.5. The molecular formula is C13H16ClN3OS. The van der Waals surface area contributed by atoms with Gasteiger partial charge in [-0.25, -0.2) is 0 Å². The Labute approximate surface area is 121 Å². The molecule has 1 atom stereocenters. The fraction of sp³-hybridized carbons (Fsp3) is 0.385. The molecule has 1 aromatic carbocycles. The monoisotopic (exact) mass is 297 g/mol. The Morgan fingerprint density at radius 2 is 2.32 bits per heavy atom. The van der Waals surface area contributed by atoms with Crippen LogP contribution < -0.4 is 5.73 Å². The van der Waals surface area contributed by atoms with Gasteiger partial charge in [-0.3, -0.25) is 0 Å². The molecule has 0 amide bonds. The van der Waals surface area contributed by atoms with Crippen molar-refractivity contribution in [1.29, 1.82) is 0 Å². The maximum absolute atomic E-state index is 5.93. The number of nitrogens with zero attached hydrogens (tertiary/aromatic N) is 2. The van der Waals surface area contributed by atoms with E-state index in [1.54, 1.807) is 11.8 Å². The van der Waals surface area contributed by atoms with Crippen molar-refractivity contribution in [3.05, 3.63) is 41.0 Å². The van der Waals surface area contributed by atoms with E-state index in [-0.39, 0.29) is 6.04 Å². The summed E-state index contributed by atoms with van der Waals surface area (Å²) in [6.07, 6.45) is 1.85. The molecule has 0 aliphatic carbocycles. The lowest BCUT2D eigenvalue weighted by Crippen LogP contribution is -2.10. The van der Waals surface area contributed by atoms with Crippen LogP contribution in [0.3, 0.4) is 0 Å². The molecule has 1 aromatic heterocycles. The zero-order chi connectivity index (χ0) is 13.7. The van der Waals surface area contributed by atoms with Crippen LogP contribution in [0.5, 0.6) is 0 Å². The average Bonchev–Trinajstić information content (AvgIpc) is 2.86. The van der Waals surface area contributed by atoms with Gasteiger partial charge in [0, 0.05) is 9.92 Å². The molecule has 0 aliphatic rings. The van der Waals surface area contributed by atoms with Crippen molar-refractivity contribution < 1.29 is 4.52 Å². The van der Waals surface area contributed by atoms with E-state index in [4.69, 9.17) is 21.9 Å². The normalized spacial score (nSPS) is 12.6. The highest BCUT2D eigenvalue weighted by Crippen LogP contribution is 2.24. The van der Waals surface area contributed by atoms with E-state index in [0.29, 0.717) is 17.5 Å². The van der Waals surface area contributed by atoms with E-state index in [0.717, 1.165) is 22.8 Å². The summed E-state index contributed by atoms with van der Waals surface area (Å²) < 4.78 is 5.17. The third-order valence-electron chi connectivity index (χ3n) is 2.56. The van der Waals surface area contributed by atoms with Gasteiger partial charge in [-0.2, -0.15) is 4.98 Å². The molecule has 0 bridgehead atoms. The third-order valence-corrected chi connectivity index (χ3v) is 3.79. The van der Waals surface area contributed by atoms with Gasteiger partial charge < -0.3 is 10.3 Å². The lowest BCUT2D eigenvalue weighted by atomic mass is 10.2. The van der Waals surface area contributed by atoms with E-state index in [2.05, 4.69) is 17.1 Å². The van der Waals surface area contributed by atoms with E-state index < -0.39 is 0 Å². The average molecular weight is 298 g/mol. The SMILES string of the molecule is CCC[C@H](N)c1nc(CSc2cccc(Cl)c2)no1. The Balaban J connectivity index is 1.93. The van der Waals surface area contributed by atoms with Crippen molar-refractivity contribution in [1.82, 2.24) is 10.1 Å². The molecule has 4 nitrogen and oxygen atoms in total. The maximum Gasteiger partial charge on any atom is 0.243 e. The van der Waals surface area contributed by atoms with Crippen LogP contribution in [0.1, 0.15) is 37.5 Å². The zero-order valence-electron chi connectivity index (χ0n) is 10.7. The van der Waals surface area contributed by atoms with Gasteiger partial charge in [0.05, 0.1) is 11.8 Å². The van der Waals surface area contributed by atoms with Crippen LogP contribution in [0.4, 0.5) is 0 Å². The molecule has 0 aliphatic heterocycles. The highest BCUT2D eigenvalue weighted by Gasteiger charge is 2.13. The number of rotatable bonds is 6. The summed E-state index contributed by atoms with van der Waals surface area (Å²) in [5.74, 6) is 1.82. The number of aromatic nitrogens is 2. The van der Waals surface area contributed by atoms with E-state index in [9.17, 15) is 0 Å². The Hall–Kier alpha value is -1.04. The second-order valence-corrected chi connectivity index (χ2v) is 5.68. The minimum atomic E-state index is -0.164. The first-order valence-electron chi connectivity index (χ1n) is 6.15. The topological polar surface area (TPSA) is 64.9 Å². The van der Waals surface area contributed by atoms with Crippen LogP contribution >= 0.6 is 23.4 Å². The van der Waals surface area contributed by atoms with Crippen molar-refractivity contribution in [2.75, 3.05) is 0 Å². The molecular weight excluding hydrogens is 282 g/mol. The van der Waals surface area contributed by atoms with Gasteiger partial charge in [0.1, 0.15) is 0 Å². The predicted molar refractivity (Wildman–Crippen MR) is 77.1 cm³/mol. The van der Waals surface area contributed by atoms with E-state index in [1.807, 2.05) is 24.3 Å². The molecule has 0 saturated carbocycles. The highest BCUT2D eigenvalue weighted by molar-refractivity contribution is 7.98. The fourth-order valence-electron chi connectivity index (χ4n) is 1.62. The quantitative estimate of drug-likeness (QED) is 0.821. The van der Waals surface area contributed by atoms with Crippen molar-refractivity contribution in [3.8, 4) is 0 Å². The summed E-state index contributed by atoms with van der Waals surface area (Å²) in [6.45, 7) is 2.08. The van der Waals surface area contributed by atoms with E-state index >= 15 is 0 Å². The lowest BCUT2D eigenvalue weighted by Gasteiger charge is -2.02. The summed E-state index contributed by atoms with van der Waals surface area (Å²) in [5, 5.41) is 4.66. The number of hydrogen-bond acceptors (Lipinski definition) is 5. The van der Waals surface area contributed by atoms with Crippen LogP contribution in [0, 0.1) is 0 Å². The van der Waals surface area contributed by atoms with Crippen molar-refractivity contribution in [2.24, 2.45) is 5.73 Å². The smallest absolute Gasteiger partial charge is 0.243 e. The Kier molecular flexibility index (Phi) is 5.24. The van der Waals surface area contributed by atoms with Crippen molar-refractivity contribution in [2.45, 2.75) is 36.5 Å². The molecule has 2 aromatic rings. The maximum atomic E-state index is 5.93. The van der Waals surface area contributed by atoms with Gasteiger partial charge in [0.15, 0.2) is 5.82 Å². The predicted octanol–water partition coefficient (Wildman–Crippen LogP) is 3.82. The first-order valence-corrected chi connectivity index (χ1v) is 7.52. The Bertz CT molecular complexity index is 532. The molecule has 0 saturated heterocycles. The summed E-state index contributed by atoms with van der Waals surface area (Å²) in [7, 11) is 0. The van der Waals surface area contributed by atoms with Gasteiger partial charge in [0.2, 0.25) is 5.89 Å². The fourth-order valence-corrected chi connectivity index (χ4v) is 2.67. The zero-order valence-corrected chi connectivity index (χ0v) is 12.2. The standard InChI is InChI=1S/C13H16ClN3OS/c1-2-4-11(15)13-16-12(17-18-13)8-19-10-6-3-5-9(14)7-10/h3,5-7,11H,2,4,8,15H2,1H3/t11-/m0/s1. The second kappa shape index (κ2) is 6.93. The van der Waals surface area contributed by atoms with Gasteiger partial charge in [0.25, 0.3) is 0 Å². The molecule has 102 valence electrons. The molecule has 0 spiro atoms. The van der Waals surface area contributed by atoms with E-state index in [1.165, 1.54) is 0 Å². The van der Waals surface area contributed by atoms with Crippen molar-refractivity contribution in [3.63, 3.8) is 0 Å². The summed E-state index contributed by atoms with van der Waals surface area (Å²) in [5.41, 5.74) is 5.93. The minimum absolute atomic E-state index is 0.164. The van der Waals surface area contributed by atoms with Crippen LogP contribution in [0.15, 0.2) is 33.7 Å². The molecule has 2 N–H and O–H groups in total. The van der Waals surface area contributed by atoms with Crippen LogP contribution in [0.2, 0.25) is 5.02 Å². The lowest BCUT2D eigenvalue weighted by molar-refractivity contribution is 0.345. The molecule has 6 heteroatoms.